The van der Waals surface area contributed by atoms with E-state index in [1.165, 1.54) is 22.2 Å². The second-order valence-electron chi connectivity index (χ2n) is 5.86. The van der Waals surface area contributed by atoms with E-state index < -0.39 is 0 Å². The third-order valence-corrected chi connectivity index (χ3v) is 4.62. The molecule has 0 radical (unpaired) electrons. The van der Waals surface area contributed by atoms with Crippen molar-refractivity contribution in [3.63, 3.8) is 0 Å². The molecule has 0 atom stereocenters. The predicted molar refractivity (Wildman–Crippen MR) is 107 cm³/mol. The Bertz CT molecular complexity index is 885. The fraction of sp³-hybridized carbons (Fsp3) is 0.211. The molecular weight excluding hydrogens is 338 g/mol. The number of nitrogens with one attached hydrogen (secondary N) is 3. The van der Waals surface area contributed by atoms with Gasteiger partial charge in [0.05, 0.1) is 0 Å². The topological polar surface area (TPSA) is 39.8 Å². The highest BCUT2D eigenvalue weighted by molar-refractivity contribution is 7.80. The van der Waals surface area contributed by atoms with E-state index in [0.29, 0.717) is 5.11 Å². The summed E-state index contributed by atoms with van der Waals surface area (Å²) in [5, 5.41) is 9.10. The third kappa shape index (κ3) is 3.71. The van der Waals surface area contributed by atoms with E-state index in [1.807, 2.05) is 36.4 Å². The van der Waals surface area contributed by atoms with Crippen LogP contribution in [0.15, 0.2) is 42.5 Å². The molecule has 0 amide bonds. The van der Waals surface area contributed by atoms with Gasteiger partial charge in [-0.2, -0.15) is 0 Å². The number of thiocarbonyl (C=S) groups is 1. The van der Waals surface area contributed by atoms with Crippen LogP contribution in [0.5, 0.6) is 0 Å². The van der Waals surface area contributed by atoms with Crippen molar-refractivity contribution >= 4 is 45.5 Å². The quantitative estimate of drug-likeness (QED) is 0.577. The van der Waals surface area contributed by atoms with Crippen molar-refractivity contribution in [3.8, 4) is 0 Å². The van der Waals surface area contributed by atoms with E-state index in [0.717, 1.165) is 29.2 Å². The van der Waals surface area contributed by atoms with E-state index in [1.54, 1.807) is 0 Å². The molecule has 3 rings (SSSR count). The number of fused-ring (bicyclic) bond motifs is 1. The van der Waals surface area contributed by atoms with Gasteiger partial charge in [0.2, 0.25) is 0 Å². The molecule has 0 aliphatic heterocycles. The molecule has 0 saturated heterocycles. The smallest absolute Gasteiger partial charge is 0.170 e. The summed E-state index contributed by atoms with van der Waals surface area (Å²) in [5.74, 6) is 0. The van der Waals surface area contributed by atoms with Crippen LogP contribution < -0.4 is 10.6 Å². The first-order chi connectivity index (χ1) is 11.5. The van der Waals surface area contributed by atoms with Crippen molar-refractivity contribution in [3.05, 3.63) is 64.3 Å². The van der Waals surface area contributed by atoms with Gasteiger partial charge in [0.25, 0.3) is 0 Å². The maximum absolute atomic E-state index is 6.13. The SMILES string of the molecule is Cc1ccccc1NC(=S)NCCc1c(C)[nH]c2ccc(Cl)cc12. The average Bonchev–Trinajstić information content (AvgIpc) is 2.85. The van der Waals surface area contributed by atoms with E-state index in [2.05, 4.69) is 35.5 Å². The Labute approximate surface area is 152 Å². The number of anilines is 1. The monoisotopic (exact) mass is 357 g/mol. The third-order valence-electron chi connectivity index (χ3n) is 4.14. The summed E-state index contributed by atoms with van der Waals surface area (Å²) in [5.41, 5.74) is 5.77. The first-order valence-corrected chi connectivity index (χ1v) is 8.70. The van der Waals surface area contributed by atoms with Crippen LogP contribution in [0.3, 0.4) is 0 Å². The number of halogens is 1. The Morgan fingerprint density at radius 2 is 1.96 bits per heavy atom. The normalized spacial score (nSPS) is 10.8. The van der Waals surface area contributed by atoms with Crippen LogP contribution in [0.2, 0.25) is 5.02 Å². The van der Waals surface area contributed by atoms with Crippen molar-refractivity contribution in [2.24, 2.45) is 0 Å². The number of hydrogen-bond donors (Lipinski definition) is 3. The summed E-state index contributed by atoms with van der Waals surface area (Å²) in [6.07, 6.45) is 0.877. The highest BCUT2D eigenvalue weighted by Gasteiger charge is 2.09. The van der Waals surface area contributed by atoms with Gasteiger partial charge in [0, 0.05) is 33.9 Å². The maximum Gasteiger partial charge on any atom is 0.170 e. The highest BCUT2D eigenvalue weighted by atomic mass is 35.5. The van der Waals surface area contributed by atoms with E-state index >= 15 is 0 Å². The van der Waals surface area contributed by atoms with Crippen LogP contribution in [0.4, 0.5) is 5.69 Å². The molecule has 1 aromatic heterocycles. The second-order valence-corrected chi connectivity index (χ2v) is 6.71. The van der Waals surface area contributed by atoms with E-state index in [-0.39, 0.29) is 0 Å². The number of benzene rings is 2. The second kappa shape index (κ2) is 7.24. The number of rotatable bonds is 4. The van der Waals surface area contributed by atoms with Crippen LogP contribution in [-0.4, -0.2) is 16.6 Å². The minimum Gasteiger partial charge on any atom is -0.362 e. The van der Waals surface area contributed by atoms with Crippen molar-refractivity contribution in [2.45, 2.75) is 20.3 Å². The molecule has 0 aliphatic rings. The molecule has 0 spiro atoms. The summed E-state index contributed by atoms with van der Waals surface area (Å²) in [6.45, 7) is 4.91. The molecule has 3 aromatic rings. The average molecular weight is 358 g/mol. The van der Waals surface area contributed by atoms with Crippen LogP contribution in [-0.2, 0) is 6.42 Å². The standard InChI is InChI=1S/C19H20ClN3S/c1-12-5-3-4-6-17(12)23-19(24)21-10-9-15-13(2)22-18-8-7-14(20)11-16(15)18/h3-8,11,22H,9-10H2,1-2H3,(H2,21,23,24). The zero-order valence-electron chi connectivity index (χ0n) is 13.7. The fourth-order valence-electron chi connectivity index (χ4n) is 2.86. The minimum atomic E-state index is 0.639. The summed E-state index contributed by atoms with van der Waals surface area (Å²) in [7, 11) is 0. The first-order valence-electron chi connectivity index (χ1n) is 7.92. The lowest BCUT2D eigenvalue weighted by Crippen LogP contribution is -2.30. The molecule has 124 valence electrons. The number of hydrogen-bond acceptors (Lipinski definition) is 1. The lowest BCUT2D eigenvalue weighted by atomic mass is 10.1. The molecule has 3 N–H and O–H groups in total. The Kier molecular flexibility index (Phi) is 5.07. The Morgan fingerprint density at radius 1 is 1.17 bits per heavy atom. The molecule has 1 heterocycles. The van der Waals surface area contributed by atoms with Gasteiger partial charge in [-0.15, -0.1) is 0 Å². The van der Waals surface area contributed by atoms with Gasteiger partial charge in [0.1, 0.15) is 0 Å². The molecule has 0 saturated carbocycles. The van der Waals surface area contributed by atoms with Gasteiger partial charge in [0.15, 0.2) is 5.11 Å². The molecule has 0 unspecified atom stereocenters. The fourth-order valence-corrected chi connectivity index (χ4v) is 3.24. The van der Waals surface area contributed by atoms with Gasteiger partial charge >= 0.3 is 0 Å². The molecule has 3 nitrogen and oxygen atoms in total. The van der Waals surface area contributed by atoms with Crippen LogP contribution in [0.25, 0.3) is 10.9 Å². The van der Waals surface area contributed by atoms with Gasteiger partial charge in [-0.05, 0) is 67.9 Å². The Morgan fingerprint density at radius 3 is 2.75 bits per heavy atom. The molecule has 0 fully saturated rings. The molecule has 2 aromatic carbocycles. The van der Waals surface area contributed by atoms with Crippen LogP contribution in [0.1, 0.15) is 16.8 Å². The van der Waals surface area contributed by atoms with Crippen molar-refractivity contribution in [2.75, 3.05) is 11.9 Å². The number of aromatic amines is 1. The Balaban J connectivity index is 1.62. The van der Waals surface area contributed by atoms with Crippen molar-refractivity contribution in [1.82, 2.24) is 10.3 Å². The zero-order chi connectivity index (χ0) is 17.1. The molecule has 0 aliphatic carbocycles. The summed E-state index contributed by atoms with van der Waals surface area (Å²) < 4.78 is 0. The van der Waals surface area contributed by atoms with Gasteiger partial charge < -0.3 is 15.6 Å². The number of H-pyrrole nitrogens is 1. The van der Waals surface area contributed by atoms with Gasteiger partial charge in [-0.1, -0.05) is 29.8 Å². The number of para-hydroxylation sites is 1. The lowest BCUT2D eigenvalue weighted by Gasteiger charge is -2.12. The molecule has 24 heavy (non-hydrogen) atoms. The highest BCUT2D eigenvalue weighted by Crippen LogP contribution is 2.25. The molecule has 5 heteroatoms. The molecule has 0 bridgehead atoms. The van der Waals surface area contributed by atoms with Gasteiger partial charge in [-0.25, -0.2) is 0 Å². The van der Waals surface area contributed by atoms with Crippen molar-refractivity contribution in [1.29, 1.82) is 0 Å². The first kappa shape index (κ1) is 16.8. The largest absolute Gasteiger partial charge is 0.362 e. The van der Waals surface area contributed by atoms with E-state index in [4.69, 9.17) is 23.8 Å². The van der Waals surface area contributed by atoms with Crippen LogP contribution in [0, 0.1) is 13.8 Å². The summed E-state index contributed by atoms with van der Waals surface area (Å²) >= 11 is 11.5. The van der Waals surface area contributed by atoms with E-state index in [9.17, 15) is 0 Å². The predicted octanol–water partition coefficient (Wildman–Crippen LogP) is 4.97. The summed E-state index contributed by atoms with van der Waals surface area (Å²) in [4.78, 5) is 3.40. The zero-order valence-corrected chi connectivity index (χ0v) is 15.3. The minimum absolute atomic E-state index is 0.639. The Hall–Kier alpha value is -2.04. The summed E-state index contributed by atoms with van der Waals surface area (Å²) in [6, 6.07) is 14.0. The molecular formula is C19H20ClN3S. The number of aromatic nitrogens is 1. The van der Waals surface area contributed by atoms with Crippen LogP contribution >= 0.6 is 23.8 Å². The maximum atomic E-state index is 6.13. The lowest BCUT2D eigenvalue weighted by molar-refractivity contribution is 0.871. The van der Waals surface area contributed by atoms with Crippen molar-refractivity contribution < 1.29 is 0 Å². The number of aryl methyl sites for hydroxylation is 2. The van der Waals surface area contributed by atoms with Gasteiger partial charge in [-0.3, -0.25) is 0 Å².